The number of fused-ring (bicyclic) bond motifs is 1. The summed E-state index contributed by atoms with van der Waals surface area (Å²) in [6.07, 6.45) is 5.38. The molecule has 0 aliphatic carbocycles. The molecule has 0 spiro atoms. The number of nitrogens with zero attached hydrogens (tertiary/aromatic N) is 4. The molecule has 3 aromatic heterocycles. The van der Waals surface area contributed by atoms with Crippen molar-refractivity contribution in [2.75, 3.05) is 36.5 Å². The van der Waals surface area contributed by atoms with Gasteiger partial charge in [0.05, 0.1) is 30.6 Å². The van der Waals surface area contributed by atoms with Gasteiger partial charge >= 0.3 is 0 Å². The smallest absolute Gasteiger partial charge is 0.277 e. The molecule has 1 saturated heterocycles. The Hall–Kier alpha value is -3.78. The minimum absolute atomic E-state index is 0.304. The molecule has 1 fully saturated rings. The van der Waals surface area contributed by atoms with Gasteiger partial charge in [-0.1, -0.05) is 6.07 Å². The van der Waals surface area contributed by atoms with Crippen molar-refractivity contribution in [1.82, 2.24) is 20.2 Å². The molecule has 5 rings (SSSR count). The third-order valence-electron chi connectivity index (χ3n) is 5.37. The largest absolute Gasteiger partial charge is 0.378 e. The lowest BCUT2D eigenvalue weighted by Gasteiger charge is -2.28. The molecule has 0 atom stereocenters. The molecule has 156 valence electrons. The van der Waals surface area contributed by atoms with Crippen LogP contribution in [0.5, 0.6) is 0 Å². The lowest BCUT2D eigenvalue weighted by molar-refractivity contribution is 0.102. The minimum Gasteiger partial charge on any atom is -0.378 e. The van der Waals surface area contributed by atoms with Gasteiger partial charge in [-0.15, -0.1) is 0 Å². The number of carbonyl (C=O) groups excluding carboxylic acids is 1. The average Bonchev–Trinajstić information content (AvgIpc) is 3.23. The van der Waals surface area contributed by atoms with Gasteiger partial charge in [0.2, 0.25) is 0 Å². The van der Waals surface area contributed by atoms with Crippen LogP contribution in [0.3, 0.4) is 0 Å². The zero-order valence-corrected chi connectivity index (χ0v) is 17.1. The normalized spacial score (nSPS) is 14.0. The van der Waals surface area contributed by atoms with Gasteiger partial charge < -0.3 is 15.0 Å². The van der Waals surface area contributed by atoms with Gasteiger partial charge in [0.25, 0.3) is 5.91 Å². The quantitative estimate of drug-likeness (QED) is 0.531. The summed E-state index contributed by atoms with van der Waals surface area (Å²) >= 11 is 0. The number of ether oxygens (including phenoxy) is 1. The van der Waals surface area contributed by atoms with E-state index in [2.05, 4.69) is 36.4 Å². The Balaban J connectivity index is 1.46. The Kier molecular flexibility index (Phi) is 5.05. The van der Waals surface area contributed by atoms with E-state index >= 15 is 0 Å². The topological polar surface area (TPSA) is 96.0 Å². The molecule has 1 aromatic carbocycles. The number of pyridine rings is 2. The highest BCUT2D eigenvalue weighted by molar-refractivity contribution is 6.11. The molecule has 4 aromatic rings. The average molecular weight is 414 g/mol. The van der Waals surface area contributed by atoms with E-state index in [1.54, 1.807) is 6.20 Å². The van der Waals surface area contributed by atoms with Crippen molar-refractivity contribution in [3.8, 4) is 11.1 Å². The molecule has 0 unspecified atom stereocenters. The van der Waals surface area contributed by atoms with Crippen LogP contribution in [0, 0.1) is 6.92 Å². The van der Waals surface area contributed by atoms with Crippen molar-refractivity contribution in [3.63, 3.8) is 0 Å². The maximum Gasteiger partial charge on any atom is 0.277 e. The van der Waals surface area contributed by atoms with Crippen LogP contribution in [0.1, 0.15) is 16.1 Å². The number of aromatic nitrogens is 4. The van der Waals surface area contributed by atoms with Crippen molar-refractivity contribution in [2.24, 2.45) is 0 Å². The van der Waals surface area contributed by atoms with Gasteiger partial charge in [-0.2, -0.15) is 5.10 Å². The summed E-state index contributed by atoms with van der Waals surface area (Å²) in [5.41, 5.74) is 5.17. The summed E-state index contributed by atoms with van der Waals surface area (Å²) in [6, 6.07) is 11.7. The molecule has 8 nitrogen and oxygen atoms in total. The van der Waals surface area contributed by atoms with E-state index < -0.39 is 0 Å². The highest BCUT2D eigenvalue weighted by atomic mass is 16.5. The second-order valence-corrected chi connectivity index (χ2v) is 7.54. The summed E-state index contributed by atoms with van der Waals surface area (Å²) in [6.45, 7) is 5.10. The number of H-pyrrole nitrogens is 1. The summed E-state index contributed by atoms with van der Waals surface area (Å²) in [5, 5.41) is 10.8. The van der Waals surface area contributed by atoms with Gasteiger partial charge in [0.1, 0.15) is 5.82 Å². The molecular formula is C23H22N6O2. The Morgan fingerprint density at radius 1 is 1.10 bits per heavy atom. The van der Waals surface area contributed by atoms with E-state index in [1.165, 1.54) is 0 Å². The van der Waals surface area contributed by atoms with E-state index in [-0.39, 0.29) is 5.91 Å². The predicted octanol–water partition coefficient (Wildman–Crippen LogP) is 3.42. The zero-order chi connectivity index (χ0) is 21.2. The number of anilines is 2. The molecular weight excluding hydrogens is 392 g/mol. The lowest BCUT2D eigenvalue weighted by atomic mass is 10.0. The molecule has 1 aliphatic heterocycles. The number of morpholine rings is 1. The highest BCUT2D eigenvalue weighted by Crippen LogP contribution is 2.28. The van der Waals surface area contributed by atoms with Crippen molar-refractivity contribution in [3.05, 3.63) is 66.2 Å². The first-order valence-electron chi connectivity index (χ1n) is 10.2. The van der Waals surface area contributed by atoms with E-state index in [9.17, 15) is 4.79 Å². The molecule has 4 heterocycles. The molecule has 2 N–H and O–H groups in total. The van der Waals surface area contributed by atoms with E-state index in [0.717, 1.165) is 59.6 Å². The SMILES string of the molecule is Cc1ccnc(NC(=O)c2n[nH]c3ccc(-c4cncc(N5CCOCC5)c4)cc23)c1. The van der Waals surface area contributed by atoms with Crippen molar-refractivity contribution in [2.45, 2.75) is 6.92 Å². The minimum atomic E-state index is -0.304. The zero-order valence-electron chi connectivity index (χ0n) is 17.1. The summed E-state index contributed by atoms with van der Waals surface area (Å²) in [5.74, 6) is 0.196. The monoisotopic (exact) mass is 414 g/mol. The summed E-state index contributed by atoms with van der Waals surface area (Å²) in [7, 11) is 0. The number of rotatable bonds is 4. The second kappa shape index (κ2) is 8.16. The number of hydrogen-bond donors (Lipinski definition) is 2. The number of aryl methyl sites for hydroxylation is 1. The first-order chi connectivity index (χ1) is 15.2. The van der Waals surface area contributed by atoms with E-state index in [0.29, 0.717) is 11.5 Å². The number of carbonyl (C=O) groups is 1. The standard InChI is InChI=1S/C23H22N6O2/c1-15-4-5-25-21(10-15)26-23(30)22-19-12-16(2-3-20(19)27-28-22)17-11-18(14-24-13-17)29-6-8-31-9-7-29/h2-5,10-14H,6-9H2,1H3,(H,27,28)(H,25,26,30). The number of aromatic amines is 1. The van der Waals surface area contributed by atoms with Gasteiger partial charge in [0, 0.05) is 36.4 Å². The third kappa shape index (κ3) is 3.97. The molecule has 31 heavy (non-hydrogen) atoms. The fraction of sp³-hybridized carbons (Fsp3) is 0.217. The van der Waals surface area contributed by atoms with Crippen LogP contribution in [0.25, 0.3) is 22.0 Å². The lowest BCUT2D eigenvalue weighted by Crippen LogP contribution is -2.36. The predicted molar refractivity (Wildman–Crippen MR) is 119 cm³/mol. The summed E-state index contributed by atoms with van der Waals surface area (Å²) in [4.78, 5) is 23.7. The van der Waals surface area contributed by atoms with Crippen LogP contribution >= 0.6 is 0 Å². The Labute approximate surface area is 179 Å². The van der Waals surface area contributed by atoms with Crippen LogP contribution in [0.2, 0.25) is 0 Å². The fourth-order valence-corrected chi connectivity index (χ4v) is 3.73. The Morgan fingerprint density at radius 2 is 1.97 bits per heavy atom. The van der Waals surface area contributed by atoms with Gasteiger partial charge in [0.15, 0.2) is 5.69 Å². The molecule has 1 aliphatic rings. The van der Waals surface area contributed by atoms with Crippen molar-refractivity contribution in [1.29, 1.82) is 0 Å². The third-order valence-corrected chi connectivity index (χ3v) is 5.37. The van der Waals surface area contributed by atoms with Crippen LogP contribution < -0.4 is 10.2 Å². The fourth-order valence-electron chi connectivity index (χ4n) is 3.73. The number of amides is 1. The number of hydrogen-bond acceptors (Lipinski definition) is 6. The second-order valence-electron chi connectivity index (χ2n) is 7.54. The van der Waals surface area contributed by atoms with Gasteiger partial charge in [-0.25, -0.2) is 4.98 Å². The van der Waals surface area contributed by atoms with Crippen molar-refractivity contribution < 1.29 is 9.53 Å². The van der Waals surface area contributed by atoms with Crippen molar-refractivity contribution >= 4 is 28.3 Å². The number of nitrogens with one attached hydrogen (secondary N) is 2. The van der Waals surface area contributed by atoms with Crippen LogP contribution in [0.15, 0.2) is 55.0 Å². The maximum atomic E-state index is 12.8. The first-order valence-corrected chi connectivity index (χ1v) is 10.2. The van der Waals surface area contributed by atoms with Crippen LogP contribution in [-0.2, 0) is 4.74 Å². The Bertz CT molecular complexity index is 1250. The number of benzene rings is 1. The van der Waals surface area contributed by atoms with E-state index in [1.807, 2.05) is 49.6 Å². The first kappa shape index (κ1) is 19.2. The maximum absolute atomic E-state index is 12.8. The van der Waals surface area contributed by atoms with Gasteiger partial charge in [-0.05, 0) is 48.4 Å². The molecule has 0 radical (unpaired) electrons. The molecule has 0 bridgehead atoms. The molecule has 0 saturated carbocycles. The highest BCUT2D eigenvalue weighted by Gasteiger charge is 2.17. The van der Waals surface area contributed by atoms with Gasteiger partial charge in [-0.3, -0.25) is 14.9 Å². The van der Waals surface area contributed by atoms with Crippen LogP contribution in [0.4, 0.5) is 11.5 Å². The molecule has 8 heteroatoms. The van der Waals surface area contributed by atoms with E-state index in [4.69, 9.17) is 4.74 Å². The summed E-state index contributed by atoms with van der Waals surface area (Å²) < 4.78 is 5.45. The Morgan fingerprint density at radius 3 is 2.81 bits per heavy atom. The molecule has 1 amide bonds. The van der Waals surface area contributed by atoms with Crippen LogP contribution in [-0.4, -0.2) is 52.4 Å².